The zero-order chi connectivity index (χ0) is 11.2. The molecule has 0 saturated heterocycles. The van der Waals surface area contributed by atoms with E-state index in [1.807, 2.05) is 20.8 Å². The van der Waals surface area contributed by atoms with E-state index in [-0.39, 0.29) is 18.1 Å². The van der Waals surface area contributed by atoms with E-state index >= 15 is 0 Å². The third-order valence-electron chi connectivity index (χ3n) is 1.60. The molecule has 4 heteroatoms. The molecule has 0 heterocycles. The minimum atomic E-state index is -0.254. The lowest BCUT2D eigenvalue weighted by Gasteiger charge is -2.19. The van der Waals surface area contributed by atoms with Crippen molar-refractivity contribution in [2.45, 2.75) is 44.5 Å². The zero-order valence-electron chi connectivity index (χ0n) is 9.39. The first-order chi connectivity index (χ1) is 6.35. The van der Waals surface area contributed by atoms with Gasteiger partial charge < -0.3 is 10.1 Å². The van der Waals surface area contributed by atoms with E-state index in [9.17, 15) is 4.79 Å². The Morgan fingerprint density at radius 1 is 1.50 bits per heavy atom. The fraction of sp³-hybridized carbons (Fsp3) is 0.900. The molecule has 3 nitrogen and oxygen atoms in total. The molecule has 0 aromatic rings. The fourth-order valence-corrected chi connectivity index (χ4v) is 0.864. The van der Waals surface area contributed by atoms with Gasteiger partial charge in [0.05, 0.1) is 5.60 Å². The summed E-state index contributed by atoms with van der Waals surface area (Å²) in [6, 6.07) is 0. The van der Waals surface area contributed by atoms with Crippen molar-refractivity contribution in [2.75, 3.05) is 13.2 Å². The van der Waals surface area contributed by atoms with Gasteiger partial charge in [-0.05, 0) is 27.2 Å². The third-order valence-corrected chi connectivity index (χ3v) is 2.57. The summed E-state index contributed by atoms with van der Waals surface area (Å²) >= 11 is 3.44. The molecule has 1 N–H and O–H groups in total. The number of nitrogens with one attached hydrogen (secondary N) is 1. The molecule has 0 spiro atoms. The molecule has 0 aromatic heterocycles. The molecule has 0 aliphatic rings. The van der Waals surface area contributed by atoms with Crippen LogP contribution in [0.15, 0.2) is 0 Å². The summed E-state index contributed by atoms with van der Waals surface area (Å²) in [4.78, 5) is 11.6. The van der Waals surface area contributed by atoms with E-state index in [2.05, 4.69) is 28.2 Å². The number of carbonyl (C=O) groups excluding carboxylic acids is 1. The molecule has 1 atom stereocenters. The Kier molecular flexibility index (Phi) is 6.36. The molecule has 0 aliphatic heterocycles. The van der Waals surface area contributed by atoms with Crippen LogP contribution in [0.4, 0.5) is 0 Å². The van der Waals surface area contributed by atoms with Crippen molar-refractivity contribution in [1.82, 2.24) is 5.32 Å². The fourth-order valence-electron chi connectivity index (χ4n) is 0.702. The number of hydrogen-bond donors (Lipinski definition) is 1. The SMILES string of the molecule is CCC(Br)CNC(=O)COC(C)(C)C. The molecular formula is C10H20BrNO2. The van der Waals surface area contributed by atoms with Crippen molar-refractivity contribution >= 4 is 21.8 Å². The third kappa shape index (κ3) is 8.51. The van der Waals surface area contributed by atoms with Crippen LogP contribution in [0.1, 0.15) is 34.1 Å². The summed E-state index contributed by atoms with van der Waals surface area (Å²) in [5.74, 6) is -0.0576. The van der Waals surface area contributed by atoms with Crippen LogP contribution in [0.3, 0.4) is 0 Å². The van der Waals surface area contributed by atoms with E-state index < -0.39 is 0 Å². The molecule has 0 aliphatic carbocycles. The van der Waals surface area contributed by atoms with Gasteiger partial charge in [0.15, 0.2) is 0 Å². The Balaban J connectivity index is 3.57. The van der Waals surface area contributed by atoms with Gasteiger partial charge in [-0.1, -0.05) is 22.9 Å². The summed E-state index contributed by atoms with van der Waals surface area (Å²) in [5.41, 5.74) is -0.254. The number of alkyl halides is 1. The van der Waals surface area contributed by atoms with Gasteiger partial charge in [-0.3, -0.25) is 4.79 Å². The first kappa shape index (κ1) is 13.9. The molecule has 1 amide bonds. The van der Waals surface area contributed by atoms with Crippen LogP contribution in [0.2, 0.25) is 0 Å². The Hall–Kier alpha value is -0.0900. The first-order valence-electron chi connectivity index (χ1n) is 4.90. The molecule has 0 aromatic carbocycles. The number of rotatable bonds is 5. The lowest BCUT2D eigenvalue weighted by Crippen LogP contribution is -2.35. The average Bonchev–Trinajstić information content (AvgIpc) is 2.09. The second-order valence-electron chi connectivity index (χ2n) is 4.21. The second kappa shape index (κ2) is 6.40. The predicted octanol–water partition coefficient (Wildman–Crippen LogP) is 2.09. The Morgan fingerprint density at radius 3 is 2.50 bits per heavy atom. The minimum Gasteiger partial charge on any atom is -0.366 e. The number of carbonyl (C=O) groups is 1. The van der Waals surface area contributed by atoms with Gasteiger partial charge in [0.25, 0.3) is 0 Å². The molecular weight excluding hydrogens is 246 g/mol. The minimum absolute atomic E-state index is 0.0576. The van der Waals surface area contributed by atoms with E-state index in [1.165, 1.54) is 0 Å². The van der Waals surface area contributed by atoms with Gasteiger partial charge in [-0.15, -0.1) is 0 Å². The standard InChI is InChI=1S/C10H20BrNO2/c1-5-8(11)6-12-9(13)7-14-10(2,3)4/h8H,5-7H2,1-4H3,(H,12,13). The van der Waals surface area contributed by atoms with Gasteiger partial charge in [0, 0.05) is 11.4 Å². The van der Waals surface area contributed by atoms with E-state index in [0.717, 1.165) is 6.42 Å². The summed E-state index contributed by atoms with van der Waals surface area (Å²) in [6.45, 7) is 8.64. The molecule has 0 fully saturated rings. The molecule has 0 rings (SSSR count). The summed E-state index contributed by atoms with van der Waals surface area (Å²) in [5, 5.41) is 2.80. The largest absolute Gasteiger partial charge is 0.366 e. The van der Waals surface area contributed by atoms with Crippen LogP contribution in [0.5, 0.6) is 0 Å². The average molecular weight is 266 g/mol. The van der Waals surface area contributed by atoms with Crippen LogP contribution in [-0.2, 0) is 9.53 Å². The molecule has 1 unspecified atom stereocenters. The summed E-state index contributed by atoms with van der Waals surface area (Å²) in [6.07, 6.45) is 1.00. The zero-order valence-corrected chi connectivity index (χ0v) is 11.0. The highest BCUT2D eigenvalue weighted by atomic mass is 79.9. The maximum Gasteiger partial charge on any atom is 0.246 e. The van der Waals surface area contributed by atoms with Crippen molar-refractivity contribution in [3.05, 3.63) is 0 Å². The van der Waals surface area contributed by atoms with Crippen molar-refractivity contribution in [3.8, 4) is 0 Å². The highest BCUT2D eigenvalue weighted by molar-refractivity contribution is 9.09. The molecule has 14 heavy (non-hydrogen) atoms. The summed E-state index contributed by atoms with van der Waals surface area (Å²) in [7, 11) is 0. The molecule has 84 valence electrons. The Labute approximate surface area is 94.7 Å². The number of hydrogen-bond acceptors (Lipinski definition) is 2. The topological polar surface area (TPSA) is 38.3 Å². The normalized spacial score (nSPS) is 13.8. The highest BCUT2D eigenvalue weighted by Gasteiger charge is 2.13. The van der Waals surface area contributed by atoms with Crippen molar-refractivity contribution in [3.63, 3.8) is 0 Å². The van der Waals surface area contributed by atoms with Crippen molar-refractivity contribution < 1.29 is 9.53 Å². The Morgan fingerprint density at radius 2 is 2.07 bits per heavy atom. The second-order valence-corrected chi connectivity index (χ2v) is 5.51. The van der Waals surface area contributed by atoms with Gasteiger partial charge in [-0.2, -0.15) is 0 Å². The lowest BCUT2D eigenvalue weighted by molar-refractivity contribution is -0.130. The van der Waals surface area contributed by atoms with E-state index in [0.29, 0.717) is 11.4 Å². The van der Waals surface area contributed by atoms with Crippen molar-refractivity contribution in [2.24, 2.45) is 0 Å². The van der Waals surface area contributed by atoms with Crippen molar-refractivity contribution in [1.29, 1.82) is 0 Å². The lowest BCUT2D eigenvalue weighted by atomic mass is 10.2. The van der Waals surface area contributed by atoms with Crippen LogP contribution in [-0.4, -0.2) is 29.5 Å². The van der Waals surface area contributed by atoms with E-state index in [4.69, 9.17) is 4.74 Å². The molecule has 0 saturated carbocycles. The van der Waals surface area contributed by atoms with Gasteiger partial charge in [0.2, 0.25) is 5.91 Å². The monoisotopic (exact) mass is 265 g/mol. The predicted molar refractivity (Wildman–Crippen MR) is 61.7 cm³/mol. The van der Waals surface area contributed by atoms with Gasteiger partial charge >= 0.3 is 0 Å². The van der Waals surface area contributed by atoms with Crippen LogP contribution < -0.4 is 5.32 Å². The quantitative estimate of drug-likeness (QED) is 0.774. The smallest absolute Gasteiger partial charge is 0.246 e. The number of amides is 1. The van der Waals surface area contributed by atoms with Crippen LogP contribution in [0.25, 0.3) is 0 Å². The number of halogens is 1. The first-order valence-corrected chi connectivity index (χ1v) is 5.81. The maximum atomic E-state index is 11.3. The van der Waals surface area contributed by atoms with E-state index in [1.54, 1.807) is 0 Å². The van der Waals surface area contributed by atoms with Crippen LogP contribution >= 0.6 is 15.9 Å². The van der Waals surface area contributed by atoms with Gasteiger partial charge in [0.1, 0.15) is 6.61 Å². The Bertz CT molecular complexity index is 177. The number of ether oxygens (including phenoxy) is 1. The van der Waals surface area contributed by atoms with Gasteiger partial charge in [-0.25, -0.2) is 0 Å². The maximum absolute atomic E-state index is 11.3. The molecule has 0 bridgehead atoms. The molecule has 0 radical (unpaired) electrons. The van der Waals surface area contributed by atoms with Crippen LogP contribution in [0, 0.1) is 0 Å². The summed E-state index contributed by atoms with van der Waals surface area (Å²) < 4.78 is 5.33. The highest BCUT2D eigenvalue weighted by Crippen LogP contribution is 2.06.